The molecule has 1 aromatic heterocycles. The van der Waals surface area contributed by atoms with Gasteiger partial charge >= 0.3 is 0 Å². The maximum atomic E-state index is 13.2. The van der Waals surface area contributed by atoms with E-state index in [0.29, 0.717) is 37.4 Å². The Kier molecular flexibility index (Phi) is 6.19. The molecule has 1 aliphatic heterocycles. The molecule has 3 rings (SSSR count). The van der Waals surface area contributed by atoms with Crippen molar-refractivity contribution in [3.05, 3.63) is 52.5 Å². The Morgan fingerprint density at radius 3 is 2.21 bits per heavy atom. The van der Waals surface area contributed by atoms with Crippen LogP contribution in [-0.2, 0) is 21.4 Å². The fourth-order valence-corrected chi connectivity index (χ4v) is 6.12. The fourth-order valence-electron chi connectivity index (χ4n) is 4.24. The highest BCUT2D eigenvalue weighted by atomic mass is 32.2. The van der Waals surface area contributed by atoms with Crippen molar-refractivity contribution in [2.45, 2.75) is 52.0 Å². The first-order valence-electron chi connectivity index (χ1n) is 9.98. The highest BCUT2D eigenvalue weighted by Crippen LogP contribution is 2.29. The highest BCUT2D eigenvalue weighted by molar-refractivity contribution is 7.89. The summed E-state index contributed by atoms with van der Waals surface area (Å²) in [6.07, 6.45) is 1.06. The van der Waals surface area contributed by atoms with Gasteiger partial charge in [-0.05, 0) is 63.8 Å². The van der Waals surface area contributed by atoms with E-state index in [1.807, 2.05) is 52.0 Å². The lowest BCUT2D eigenvalue weighted by Gasteiger charge is -2.33. The van der Waals surface area contributed by atoms with Gasteiger partial charge < -0.3 is 9.32 Å². The van der Waals surface area contributed by atoms with Gasteiger partial charge in [0.1, 0.15) is 11.5 Å². The summed E-state index contributed by atoms with van der Waals surface area (Å²) >= 11 is 0. The maximum Gasteiger partial charge on any atom is 0.243 e. The monoisotopic (exact) mass is 418 g/mol. The second kappa shape index (κ2) is 8.32. The zero-order valence-corrected chi connectivity index (χ0v) is 18.7. The molecule has 1 aliphatic rings. The zero-order chi connectivity index (χ0) is 21.3. The van der Waals surface area contributed by atoms with Crippen LogP contribution < -0.4 is 0 Å². The van der Waals surface area contributed by atoms with Gasteiger partial charge in [0.2, 0.25) is 15.9 Å². The molecule has 0 unspecified atom stereocenters. The Labute approximate surface area is 173 Å². The second-order valence-corrected chi connectivity index (χ2v) is 9.99. The van der Waals surface area contributed by atoms with Crippen molar-refractivity contribution in [1.82, 2.24) is 9.21 Å². The first-order chi connectivity index (χ1) is 13.6. The van der Waals surface area contributed by atoms with E-state index in [9.17, 15) is 13.2 Å². The van der Waals surface area contributed by atoms with Gasteiger partial charge in [-0.15, -0.1) is 0 Å². The molecule has 0 spiro atoms. The summed E-state index contributed by atoms with van der Waals surface area (Å²) in [5, 5.41) is 0. The summed E-state index contributed by atoms with van der Waals surface area (Å²) < 4.78 is 33.5. The van der Waals surface area contributed by atoms with Gasteiger partial charge in [0, 0.05) is 26.1 Å². The molecule has 0 atom stereocenters. The minimum atomic E-state index is -3.56. The molecule has 1 fully saturated rings. The van der Waals surface area contributed by atoms with Gasteiger partial charge in [0.25, 0.3) is 0 Å². The van der Waals surface area contributed by atoms with Crippen LogP contribution in [0.1, 0.15) is 41.1 Å². The average Bonchev–Trinajstić information content (AvgIpc) is 3.04. The Bertz CT molecular complexity index is 979. The van der Waals surface area contributed by atoms with Gasteiger partial charge in [-0.2, -0.15) is 4.31 Å². The Morgan fingerprint density at radius 2 is 1.69 bits per heavy atom. The lowest BCUT2D eigenvalue weighted by Crippen LogP contribution is -2.43. The molecule has 7 heteroatoms. The molecule has 0 radical (unpaired) electrons. The number of piperidine rings is 1. The van der Waals surface area contributed by atoms with E-state index in [1.54, 1.807) is 11.9 Å². The van der Waals surface area contributed by atoms with E-state index in [2.05, 4.69) is 0 Å². The van der Waals surface area contributed by atoms with Crippen molar-refractivity contribution in [1.29, 1.82) is 0 Å². The number of aryl methyl sites for hydroxylation is 4. The fraction of sp³-hybridized carbons (Fsp3) is 0.500. The minimum Gasteiger partial charge on any atom is -0.464 e. The SMILES string of the molecule is Cc1cc(C)c(S(=O)(=O)N2CCC(C(=O)N(C)Cc3ccc(C)o3)CC2)c(C)c1. The zero-order valence-electron chi connectivity index (χ0n) is 17.9. The van der Waals surface area contributed by atoms with E-state index >= 15 is 0 Å². The number of hydrogen-bond donors (Lipinski definition) is 0. The molecular formula is C22H30N2O4S. The Hall–Kier alpha value is -2.12. The number of carbonyl (C=O) groups is 1. The molecular weight excluding hydrogens is 388 g/mol. The predicted octanol–water partition coefficient (Wildman–Crippen LogP) is 3.57. The first-order valence-corrected chi connectivity index (χ1v) is 11.4. The van der Waals surface area contributed by atoms with E-state index in [-0.39, 0.29) is 11.8 Å². The van der Waals surface area contributed by atoms with Crippen LogP contribution in [0, 0.1) is 33.6 Å². The quantitative estimate of drug-likeness (QED) is 0.744. The Balaban J connectivity index is 1.66. The summed E-state index contributed by atoms with van der Waals surface area (Å²) in [5.41, 5.74) is 2.60. The number of carbonyl (C=O) groups excluding carboxylic acids is 1. The predicted molar refractivity (Wildman–Crippen MR) is 112 cm³/mol. The van der Waals surface area contributed by atoms with E-state index in [0.717, 1.165) is 28.2 Å². The van der Waals surface area contributed by atoms with Crippen LogP contribution in [0.3, 0.4) is 0 Å². The van der Waals surface area contributed by atoms with Crippen LogP contribution in [0.25, 0.3) is 0 Å². The molecule has 0 N–H and O–H groups in total. The largest absolute Gasteiger partial charge is 0.464 e. The van der Waals surface area contributed by atoms with Crippen LogP contribution in [0.5, 0.6) is 0 Å². The number of amides is 1. The van der Waals surface area contributed by atoms with Crippen molar-refractivity contribution in [3.63, 3.8) is 0 Å². The lowest BCUT2D eigenvalue weighted by atomic mass is 9.96. The first kappa shape index (κ1) is 21.6. The van der Waals surface area contributed by atoms with Crippen LogP contribution >= 0.6 is 0 Å². The van der Waals surface area contributed by atoms with Gasteiger partial charge in [-0.1, -0.05) is 17.7 Å². The molecule has 0 bridgehead atoms. The highest BCUT2D eigenvalue weighted by Gasteiger charge is 2.34. The number of furan rings is 1. The molecule has 0 saturated carbocycles. The number of rotatable bonds is 5. The van der Waals surface area contributed by atoms with E-state index < -0.39 is 10.0 Å². The summed E-state index contributed by atoms with van der Waals surface area (Å²) in [7, 11) is -1.80. The van der Waals surface area contributed by atoms with Crippen LogP contribution in [0.15, 0.2) is 33.6 Å². The third-order valence-corrected chi connectivity index (χ3v) is 7.78. The van der Waals surface area contributed by atoms with Crippen LogP contribution in [0.4, 0.5) is 0 Å². The van der Waals surface area contributed by atoms with E-state index in [1.165, 1.54) is 4.31 Å². The maximum absolute atomic E-state index is 13.2. The average molecular weight is 419 g/mol. The van der Waals surface area contributed by atoms with Crippen molar-refractivity contribution in [2.24, 2.45) is 5.92 Å². The molecule has 6 nitrogen and oxygen atoms in total. The van der Waals surface area contributed by atoms with Crippen molar-refractivity contribution in [2.75, 3.05) is 20.1 Å². The smallest absolute Gasteiger partial charge is 0.243 e. The summed E-state index contributed by atoms with van der Waals surface area (Å²) in [4.78, 5) is 14.9. The van der Waals surface area contributed by atoms with Gasteiger partial charge in [0.05, 0.1) is 11.4 Å². The Morgan fingerprint density at radius 1 is 1.10 bits per heavy atom. The number of nitrogens with zero attached hydrogens (tertiary/aromatic N) is 2. The summed E-state index contributed by atoms with van der Waals surface area (Å²) in [6.45, 7) is 8.67. The van der Waals surface area contributed by atoms with Gasteiger partial charge in [-0.3, -0.25) is 4.79 Å². The number of sulfonamides is 1. The third-order valence-electron chi connectivity index (χ3n) is 5.57. The standard InChI is InChI=1S/C22H30N2O4S/c1-15-12-16(2)21(17(3)13-15)29(26,27)24-10-8-19(9-11-24)22(25)23(5)14-20-7-6-18(4)28-20/h6-7,12-13,19H,8-11,14H2,1-5H3. The van der Waals surface area contributed by atoms with Gasteiger partial charge in [-0.25, -0.2) is 8.42 Å². The van der Waals surface area contributed by atoms with Crippen molar-refractivity contribution < 1.29 is 17.6 Å². The summed E-state index contributed by atoms with van der Waals surface area (Å²) in [6, 6.07) is 7.56. The normalized spacial score (nSPS) is 16.2. The summed E-state index contributed by atoms with van der Waals surface area (Å²) in [5.74, 6) is 1.45. The number of benzene rings is 1. The molecule has 29 heavy (non-hydrogen) atoms. The number of hydrogen-bond acceptors (Lipinski definition) is 4. The molecule has 1 aromatic carbocycles. The minimum absolute atomic E-state index is 0.0406. The molecule has 158 valence electrons. The molecule has 1 amide bonds. The molecule has 0 aliphatic carbocycles. The van der Waals surface area contributed by atoms with Crippen LogP contribution in [-0.4, -0.2) is 43.7 Å². The topological polar surface area (TPSA) is 70.8 Å². The molecule has 1 saturated heterocycles. The third kappa shape index (κ3) is 4.56. The van der Waals surface area contributed by atoms with Crippen molar-refractivity contribution in [3.8, 4) is 0 Å². The van der Waals surface area contributed by atoms with Crippen molar-refractivity contribution >= 4 is 15.9 Å². The lowest BCUT2D eigenvalue weighted by molar-refractivity contribution is -0.136. The van der Waals surface area contributed by atoms with Gasteiger partial charge in [0.15, 0.2) is 0 Å². The molecule has 2 aromatic rings. The second-order valence-electron chi connectivity index (χ2n) is 8.11. The molecule has 2 heterocycles. The van der Waals surface area contributed by atoms with E-state index in [4.69, 9.17) is 4.42 Å². The van der Waals surface area contributed by atoms with Crippen LogP contribution in [0.2, 0.25) is 0 Å².